The summed E-state index contributed by atoms with van der Waals surface area (Å²) in [5, 5.41) is 3.28. The van der Waals surface area contributed by atoms with Crippen LogP contribution in [-0.4, -0.2) is 41.3 Å². The van der Waals surface area contributed by atoms with Gasteiger partial charge in [0.2, 0.25) is 5.95 Å². The summed E-state index contributed by atoms with van der Waals surface area (Å²) < 4.78 is 5.25. The Morgan fingerprint density at radius 2 is 2.32 bits per heavy atom. The van der Waals surface area contributed by atoms with E-state index >= 15 is 0 Å². The fourth-order valence-corrected chi connectivity index (χ4v) is 2.57. The maximum Gasteiger partial charge on any atom is 0.407 e. The highest BCUT2D eigenvalue weighted by molar-refractivity contribution is 6.29. The van der Waals surface area contributed by atoms with Gasteiger partial charge in [0.15, 0.2) is 0 Å². The lowest BCUT2D eigenvalue weighted by Gasteiger charge is -2.33. The Hall–Kier alpha value is -1.56. The lowest BCUT2D eigenvalue weighted by atomic mass is 9.98. The minimum Gasteiger partial charge on any atom is -0.444 e. The van der Waals surface area contributed by atoms with Crippen molar-refractivity contribution in [3.8, 4) is 0 Å². The summed E-state index contributed by atoms with van der Waals surface area (Å²) >= 11 is 5.91. The molecule has 0 saturated carbocycles. The van der Waals surface area contributed by atoms with Gasteiger partial charge in [-0.1, -0.05) is 11.6 Å². The number of piperidine rings is 1. The zero-order valence-electron chi connectivity index (χ0n) is 13.3. The van der Waals surface area contributed by atoms with E-state index in [1.54, 1.807) is 12.3 Å². The van der Waals surface area contributed by atoms with Crippen molar-refractivity contribution in [1.29, 1.82) is 0 Å². The van der Waals surface area contributed by atoms with Crippen LogP contribution in [0.5, 0.6) is 0 Å². The van der Waals surface area contributed by atoms with Crippen LogP contribution in [0.25, 0.3) is 0 Å². The molecule has 1 aliphatic heterocycles. The molecular formula is C15H23ClN4O2. The Balaban J connectivity index is 1.85. The smallest absolute Gasteiger partial charge is 0.407 e. The summed E-state index contributed by atoms with van der Waals surface area (Å²) in [4.78, 5) is 22.3. The Bertz CT molecular complexity index is 519. The highest BCUT2D eigenvalue weighted by atomic mass is 35.5. The van der Waals surface area contributed by atoms with Gasteiger partial charge >= 0.3 is 6.09 Å². The average Bonchev–Trinajstić information content (AvgIpc) is 2.44. The van der Waals surface area contributed by atoms with Crippen LogP contribution in [0.4, 0.5) is 10.7 Å². The van der Waals surface area contributed by atoms with Gasteiger partial charge in [0.1, 0.15) is 10.8 Å². The molecule has 7 heteroatoms. The lowest BCUT2D eigenvalue weighted by Crippen LogP contribution is -2.42. The van der Waals surface area contributed by atoms with E-state index in [4.69, 9.17) is 16.3 Å². The Labute approximate surface area is 136 Å². The van der Waals surface area contributed by atoms with Crippen LogP contribution >= 0.6 is 11.6 Å². The summed E-state index contributed by atoms with van der Waals surface area (Å²) in [6.07, 6.45) is 3.39. The SMILES string of the molecule is CC(C)(C)OC(=O)NC[C@H]1CCCN(c2nccc(Cl)n2)C1. The number of aromatic nitrogens is 2. The van der Waals surface area contributed by atoms with Crippen molar-refractivity contribution >= 4 is 23.6 Å². The van der Waals surface area contributed by atoms with Crippen LogP contribution in [-0.2, 0) is 4.74 Å². The van der Waals surface area contributed by atoms with Crippen molar-refractivity contribution in [1.82, 2.24) is 15.3 Å². The monoisotopic (exact) mass is 326 g/mol. The number of nitrogens with zero attached hydrogens (tertiary/aromatic N) is 3. The van der Waals surface area contributed by atoms with Crippen LogP contribution in [0, 0.1) is 5.92 Å². The van der Waals surface area contributed by atoms with Crippen molar-refractivity contribution in [2.24, 2.45) is 5.92 Å². The molecule has 1 amide bonds. The first-order valence-electron chi connectivity index (χ1n) is 7.54. The van der Waals surface area contributed by atoms with E-state index in [1.165, 1.54) is 0 Å². The Kier molecular flexibility index (Phi) is 5.45. The standard InChI is InChI=1S/C15H23ClN4O2/c1-15(2,3)22-14(21)18-9-11-5-4-8-20(10-11)13-17-7-6-12(16)19-13/h6-7,11H,4-5,8-10H2,1-3H3,(H,18,21)/t11-/m1/s1. The van der Waals surface area contributed by atoms with Crippen molar-refractivity contribution in [2.75, 3.05) is 24.5 Å². The van der Waals surface area contributed by atoms with Crippen LogP contribution in [0.3, 0.4) is 0 Å². The van der Waals surface area contributed by atoms with E-state index in [2.05, 4.69) is 20.2 Å². The summed E-state index contributed by atoms with van der Waals surface area (Å²) in [5.41, 5.74) is -0.475. The first-order valence-corrected chi connectivity index (χ1v) is 7.91. The highest BCUT2D eigenvalue weighted by Crippen LogP contribution is 2.20. The highest BCUT2D eigenvalue weighted by Gasteiger charge is 2.23. The molecule has 0 spiro atoms. The van der Waals surface area contributed by atoms with Crippen LogP contribution in [0.1, 0.15) is 33.6 Å². The molecule has 1 saturated heterocycles. The van der Waals surface area contributed by atoms with E-state index in [0.29, 0.717) is 23.6 Å². The van der Waals surface area contributed by atoms with Crippen molar-refractivity contribution in [3.05, 3.63) is 17.4 Å². The molecule has 122 valence electrons. The third-order valence-corrected chi connectivity index (χ3v) is 3.56. The van der Waals surface area contributed by atoms with E-state index in [-0.39, 0.29) is 6.09 Å². The van der Waals surface area contributed by atoms with Crippen LogP contribution in [0.15, 0.2) is 12.3 Å². The first kappa shape index (κ1) is 16.8. The van der Waals surface area contributed by atoms with Gasteiger partial charge in [0.05, 0.1) is 0 Å². The molecule has 1 aromatic heterocycles. The number of alkyl carbamates (subject to hydrolysis) is 1. The van der Waals surface area contributed by atoms with Gasteiger partial charge in [-0.2, -0.15) is 0 Å². The minimum absolute atomic E-state index is 0.351. The molecule has 0 unspecified atom stereocenters. The van der Waals surface area contributed by atoms with E-state index in [1.807, 2.05) is 20.8 Å². The molecule has 0 radical (unpaired) electrons. The predicted molar refractivity (Wildman–Crippen MR) is 86.2 cm³/mol. The lowest BCUT2D eigenvalue weighted by molar-refractivity contribution is 0.0517. The Morgan fingerprint density at radius 1 is 1.55 bits per heavy atom. The third-order valence-electron chi connectivity index (χ3n) is 3.34. The van der Waals surface area contributed by atoms with Gasteiger partial charge in [0, 0.05) is 25.8 Å². The zero-order valence-corrected chi connectivity index (χ0v) is 14.1. The molecule has 1 N–H and O–H groups in total. The van der Waals surface area contributed by atoms with Crippen molar-refractivity contribution in [2.45, 2.75) is 39.2 Å². The van der Waals surface area contributed by atoms with Crippen LogP contribution in [0.2, 0.25) is 5.15 Å². The Morgan fingerprint density at radius 3 is 3.00 bits per heavy atom. The maximum atomic E-state index is 11.7. The summed E-state index contributed by atoms with van der Waals surface area (Å²) in [5.74, 6) is 0.998. The number of anilines is 1. The van der Waals surface area contributed by atoms with Crippen LogP contribution < -0.4 is 10.2 Å². The molecule has 2 heterocycles. The van der Waals surface area contributed by atoms with Gasteiger partial charge in [0.25, 0.3) is 0 Å². The molecule has 0 aromatic carbocycles. The minimum atomic E-state index is -0.475. The van der Waals surface area contributed by atoms with Crippen molar-refractivity contribution in [3.63, 3.8) is 0 Å². The normalized spacial score (nSPS) is 18.9. The molecule has 1 aromatic rings. The molecule has 6 nitrogen and oxygen atoms in total. The molecule has 0 bridgehead atoms. The average molecular weight is 327 g/mol. The first-order chi connectivity index (χ1) is 10.3. The number of nitrogens with one attached hydrogen (secondary N) is 1. The topological polar surface area (TPSA) is 67.3 Å². The van der Waals surface area contributed by atoms with Gasteiger partial charge in [-0.15, -0.1) is 0 Å². The van der Waals surface area contributed by atoms with E-state index in [9.17, 15) is 4.79 Å². The number of ether oxygens (including phenoxy) is 1. The number of carbonyl (C=O) groups is 1. The number of hydrogen-bond donors (Lipinski definition) is 1. The molecule has 1 atom stereocenters. The third kappa shape index (κ3) is 5.33. The zero-order chi connectivity index (χ0) is 16.2. The quantitative estimate of drug-likeness (QED) is 0.865. The van der Waals surface area contributed by atoms with Gasteiger partial charge in [-0.05, 0) is 45.6 Å². The largest absolute Gasteiger partial charge is 0.444 e. The number of rotatable bonds is 3. The predicted octanol–water partition coefficient (Wildman–Crippen LogP) is 2.87. The fourth-order valence-electron chi connectivity index (χ4n) is 2.43. The number of halogens is 1. The second-order valence-electron chi connectivity index (χ2n) is 6.52. The number of amides is 1. The molecule has 22 heavy (non-hydrogen) atoms. The van der Waals surface area contributed by atoms with E-state index < -0.39 is 5.60 Å². The van der Waals surface area contributed by atoms with Gasteiger partial charge in [-0.3, -0.25) is 0 Å². The number of carbonyl (C=O) groups excluding carboxylic acids is 1. The van der Waals surface area contributed by atoms with E-state index in [0.717, 1.165) is 25.9 Å². The fraction of sp³-hybridized carbons (Fsp3) is 0.667. The van der Waals surface area contributed by atoms with Gasteiger partial charge < -0.3 is 15.0 Å². The van der Waals surface area contributed by atoms with Gasteiger partial charge in [-0.25, -0.2) is 14.8 Å². The second-order valence-corrected chi connectivity index (χ2v) is 6.90. The molecule has 0 aliphatic carbocycles. The molecule has 1 aliphatic rings. The molecule has 2 rings (SSSR count). The van der Waals surface area contributed by atoms with Crippen molar-refractivity contribution < 1.29 is 9.53 Å². The second kappa shape index (κ2) is 7.13. The summed E-state index contributed by atoms with van der Waals surface area (Å²) in [6.45, 7) is 7.85. The molecule has 1 fully saturated rings. The maximum absolute atomic E-state index is 11.7. The number of hydrogen-bond acceptors (Lipinski definition) is 5. The summed E-state index contributed by atoms with van der Waals surface area (Å²) in [6, 6.07) is 1.66. The molecular weight excluding hydrogens is 304 g/mol. The summed E-state index contributed by atoms with van der Waals surface area (Å²) in [7, 11) is 0.